The quantitative estimate of drug-likeness (QED) is 0.772. The fourth-order valence-corrected chi connectivity index (χ4v) is 2.61. The molecular formula is C11H13F3N2O4S. The van der Waals surface area contributed by atoms with Crippen molar-refractivity contribution in [2.24, 2.45) is 0 Å². The van der Waals surface area contributed by atoms with Gasteiger partial charge in [0, 0.05) is 6.04 Å². The molecule has 0 aliphatic rings. The van der Waals surface area contributed by atoms with Crippen LogP contribution in [-0.4, -0.2) is 25.5 Å². The molecule has 0 bridgehead atoms. The monoisotopic (exact) mass is 326 g/mol. The van der Waals surface area contributed by atoms with E-state index in [-0.39, 0.29) is 0 Å². The van der Waals surface area contributed by atoms with E-state index >= 15 is 0 Å². The zero-order valence-corrected chi connectivity index (χ0v) is 11.8. The van der Waals surface area contributed by atoms with E-state index in [4.69, 9.17) is 5.11 Å². The third kappa shape index (κ3) is 4.90. The van der Waals surface area contributed by atoms with Crippen LogP contribution in [0.15, 0.2) is 18.2 Å². The summed E-state index contributed by atoms with van der Waals surface area (Å²) in [5.41, 5.74) is -2.41. The number of hydrogen-bond acceptors (Lipinski definition) is 3. The van der Waals surface area contributed by atoms with Crippen molar-refractivity contribution in [2.45, 2.75) is 26.1 Å². The van der Waals surface area contributed by atoms with E-state index in [1.54, 1.807) is 4.72 Å². The second kappa shape index (κ2) is 5.90. The van der Waals surface area contributed by atoms with Crippen molar-refractivity contribution in [2.75, 3.05) is 4.72 Å². The molecule has 118 valence electrons. The molecule has 6 nitrogen and oxygen atoms in total. The fourth-order valence-electron chi connectivity index (χ4n) is 1.48. The molecule has 0 saturated carbocycles. The summed E-state index contributed by atoms with van der Waals surface area (Å²) in [5, 5.41) is 8.90. The van der Waals surface area contributed by atoms with Crippen molar-refractivity contribution in [3.63, 3.8) is 0 Å². The Kier molecular flexibility index (Phi) is 4.84. The number of nitrogens with one attached hydrogen (secondary N) is 2. The maximum absolute atomic E-state index is 12.6. The minimum absolute atomic E-state index is 0.434. The summed E-state index contributed by atoms with van der Waals surface area (Å²) in [4.78, 5) is 11.0. The van der Waals surface area contributed by atoms with Crippen LogP contribution in [0.1, 0.15) is 29.8 Å². The van der Waals surface area contributed by atoms with Crippen LogP contribution in [0.2, 0.25) is 0 Å². The Morgan fingerprint density at radius 2 is 1.86 bits per heavy atom. The highest BCUT2D eigenvalue weighted by Crippen LogP contribution is 2.32. The average Bonchev–Trinajstić information content (AvgIpc) is 2.24. The third-order valence-corrected chi connectivity index (χ3v) is 3.48. The van der Waals surface area contributed by atoms with Crippen LogP contribution in [-0.2, 0) is 16.4 Å². The molecule has 0 aliphatic heterocycles. The maximum atomic E-state index is 12.6. The van der Waals surface area contributed by atoms with E-state index < -0.39 is 45.2 Å². The van der Waals surface area contributed by atoms with Crippen molar-refractivity contribution in [1.82, 2.24) is 4.72 Å². The number of halogens is 3. The normalized spacial score (nSPS) is 12.5. The minimum atomic E-state index is -4.72. The summed E-state index contributed by atoms with van der Waals surface area (Å²) in [5.74, 6) is -1.55. The van der Waals surface area contributed by atoms with Crippen molar-refractivity contribution >= 4 is 21.9 Å². The van der Waals surface area contributed by atoms with Gasteiger partial charge in [0.2, 0.25) is 0 Å². The highest BCUT2D eigenvalue weighted by molar-refractivity contribution is 7.90. The van der Waals surface area contributed by atoms with Crippen LogP contribution in [0.3, 0.4) is 0 Å². The molecule has 0 aliphatic carbocycles. The molecule has 1 aromatic rings. The number of carbonyl (C=O) groups is 1. The number of carboxylic acids is 1. The number of anilines is 1. The molecule has 10 heteroatoms. The molecule has 0 amide bonds. The van der Waals surface area contributed by atoms with E-state index in [9.17, 15) is 26.4 Å². The first-order valence-electron chi connectivity index (χ1n) is 5.67. The molecule has 1 rings (SSSR count). The number of alkyl halides is 3. The first-order valence-corrected chi connectivity index (χ1v) is 7.15. The molecule has 1 aromatic carbocycles. The summed E-state index contributed by atoms with van der Waals surface area (Å²) in [7, 11) is -4.18. The van der Waals surface area contributed by atoms with Crippen molar-refractivity contribution in [3.05, 3.63) is 29.3 Å². The second-order valence-corrected chi connectivity index (χ2v) is 5.89. The van der Waals surface area contributed by atoms with Crippen molar-refractivity contribution in [3.8, 4) is 0 Å². The summed E-state index contributed by atoms with van der Waals surface area (Å²) < 4.78 is 65.0. The largest absolute Gasteiger partial charge is 0.478 e. The van der Waals surface area contributed by atoms with E-state index in [1.165, 1.54) is 13.8 Å². The molecule has 0 saturated heterocycles. The predicted molar refractivity (Wildman–Crippen MR) is 69.2 cm³/mol. The standard InChI is InChI=1S/C11H13F3N2O4S/c1-6(2)15-21(19,20)16-9-5-7(11(12,13)14)3-4-8(9)10(17)18/h3-6,15-16H,1-2H3,(H,17,18). The van der Waals surface area contributed by atoms with Gasteiger partial charge in [0.05, 0.1) is 16.8 Å². The van der Waals surface area contributed by atoms with Gasteiger partial charge in [-0.2, -0.15) is 26.3 Å². The van der Waals surface area contributed by atoms with Crippen LogP contribution in [0, 0.1) is 0 Å². The van der Waals surface area contributed by atoms with Gasteiger partial charge in [0.15, 0.2) is 0 Å². The SMILES string of the molecule is CC(C)NS(=O)(=O)Nc1cc(C(F)(F)F)ccc1C(=O)O. The Hall–Kier alpha value is -1.81. The van der Waals surface area contributed by atoms with Gasteiger partial charge in [0.1, 0.15) is 0 Å². The topological polar surface area (TPSA) is 95.5 Å². The number of carboxylic acid groups (broad SMARTS) is 1. The van der Waals surface area contributed by atoms with E-state index in [0.717, 1.165) is 0 Å². The maximum Gasteiger partial charge on any atom is 0.416 e. The Balaban J connectivity index is 3.28. The highest BCUT2D eigenvalue weighted by atomic mass is 32.2. The zero-order chi connectivity index (χ0) is 16.4. The van der Waals surface area contributed by atoms with Crippen LogP contribution in [0.25, 0.3) is 0 Å². The number of hydrogen-bond donors (Lipinski definition) is 3. The van der Waals surface area contributed by atoms with E-state index in [0.29, 0.717) is 18.2 Å². The van der Waals surface area contributed by atoms with Gasteiger partial charge >= 0.3 is 12.1 Å². The van der Waals surface area contributed by atoms with Crippen LogP contribution >= 0.6 is 0 Å². The molecule has 0 atom stereocenters. The Bertz CT molecular complexity index is 641. The first-order chi connectivity index (χ1) is 9.42. The average molecular weight is 326 g/mol. The Labute approximate surface area is 119 Å². The van der Waals surface area contributed by atoms with Crippen molar-refractivity contribution in [1.29, 1.82) is 0 Å². The smallest absolute Gasteiger partial charge is 0.416 e. The Morgan fingerprint density at radius 1 is 1.29 bits per heavy atom. The molecule has 0 radical (unpaired) electrons. The number of benzene rings is 1. The molecule has 0 spiro atoms. The van der Waals surface area contributed by atoms with Gasteiger partial charge < -0.3 is 5.11 Å². The summed E-state index contributed by atoms with van der Waals surface area (Å²) >= 11 is 0. The van der Waals surface area contributed by atoms with Gasteiger partial charge in [-0.15, -0.1) is 0 Å². The first kappa shape index (κ1) is 17.2. The lowest BCUT2D eigenvalue weighted by Gasteiger charge is -2.15. The lowest BCUT2D eigenvalue weighted by Crippen LogP contribution is -2.35. The zero-order valence-electron chi connectivity index (χ0n) is 11.0. The Morgan fingerprint density at radius 3 is 2.29 bits per heavy atom. The molecule has 21 heavy (non-hydrogen) atoms. The van der Waals surface area contributed by atoms with Crippen LogP contribution in [0.4, 0.5) is 18.9 Å². The molecule has 0 aromatic heterocycles. The summed E-state index contributed by atoms with van der Waals surface area (Å²) in [6, 6.07) is 1.18. The fraction of sp³-hybridized carbons (Fsp3) is 0.364. The number of aromatic carboxylic acids is 1. The molecule has 0 unspecified atom stereocenters. The van der Waals surface area contributed by atoms with Gasteiger partial charge in [0.25, 0.3) is 10.2 Å². The van der Waals surface area contributed by atoms with Crippen LogP contribution < -0.4 is 9.44 Å². The minimum Gasteiger partial charge on any atom is -0.478 e. The lowest BCUT2D eigenvalue weighted by molar-refractivity contribution is -0.137. The van der Waals surface area contributed by atoms with Gasteiger partial charge in [-0.25, -0.2) is 4.79 Å². The second-order valence-electron chi connectivity index (χ2n) is 4.44. The predicted octanol–water partition coefficient (Wildman–Crippen LogP) is 2.06. The molecule has 0 heterocycles. The highest BCUT2D eigenvalue weighted by Gasteiger charge is 2.32. The van der Waals surface area contributed by atoms with Crippen molar-refractivity contribution < 1.29 is 31.5 Å². The van der Waals surface area contributed by atoms with Crippen LogP contribution in [0.5, 0.6) is 0 Å². The molecular weight excluding hydrogens is 313 g/mol. The summed E-state index contributed by atoms with van der Waals surface area (Å²) in [6.45, 7) is 3.01. The summed E-state index contributed by atoms with van der Waals surface area (Å²) in [6.07, 6.45) is -4.72. The molecule has 3 N–H and O–H groups in total. The third-order valence-electron chi connectivity index (χ3n) is 2.21. The molecule has 0 fully saturated rings. The van der Waals surface area contributed by atoms with Gasteiger partial charge in [-0.3, -0.25) is 4.72 Å². The lowest BCUT2D eigenvalue weighted by atomic mass is 10.1. The van der Waals surface area contributed by atoms with E-state index in [2.05, 4.69) is 4.72 Å². The van der Waals surface area contributed by atoms with Gasteiger partial charge in [-0.05, 0) is 32.0 Å². The number of rotatable bonds is 5. The van der Waals surface area contributed by atoms with E-state index in [1.807, 2.05) is 0 Å². The van der Waals surface area contributed by atoms with Gasteiger partial charge in [-0.1, -0.05) is 0 Å².